The van der Waals surface area contributed by atoms with E-state index in [-0.39, 0.29) is 5.97 Å². The minimum atomic E-state index is -0.980. The minimum Gasteiger partial charge on any atom is -0.467 e. The molecule has 20 heavy (non-hydrogen) atoms. The van der Waals surface area contributed by atoms with Crippen LogP contribution in [0.5, 0.6) is 0 Å². The van der Waals surface area contributed by atoms with Crippen LogP contribution in [-0.2, 0) is 15.1 Å². The van der Waals surface area contributed by atoms with Gasteiger partial charge in [0.2, 0.25) is 0 Å². The zero-order valence-electron chi connectivity index (χ0n) is 11.7. The monoisotopic (exact) mass is 315 g/mol. The molecule has 1 unspecified atom stereocenters. The van der Waals surface area contributed by atoms with Gasteiger partial charge in [-0.15, -0.1) is 0 Å². The van der Waals surface area contributed by atoms with Gasteiger partial charge in [-0.25, -0.2) is 4.79 Å². The Hall–Kier alpha value is -0.770. The van der Waals surface area contributed by atoms with Crippen LogP contribution < -0.4 is 5.32 Å². The summed E-state index contributed by atoms with van der Waals surface area (Å²) in [5.74, 6) is -0.353. The Bertz CT molecular complexity index is 501. The maximum atomic E-state index is 12.3. The van der Waals surface area contributed by atoms with Crippen LogP contribution in [0, 0.1) is 0 Å². The number of carbonyl (C=O) groups excluding carboxylic acids is 1. The summed E-state index contributed by atoms with van der Waals surface area (Å²) in [7, 11) is 1.38. The lowest BCUT2D eigenvalue weighted by atomic mass is 9.90. The Morgan fingerprint density at radius 2 is 2.00 bits per heavy atom. The Labute approximate surface area is 129 Å². The van der Waals surface area contributed by atoms with Crippen molar-refractivity contribution in [2.24, 2.45) is 0 Å². The summed E-state index contributed by atoms with van der Waals surface area (Å²) in [6.45, 7) is 1.80. The van der Waals surface area contributed by atoms with Crippen molar-refractivity contribution in [2.45, 2.75) is 44.2 Å². The van der Waals surface area contributed by atoms with Crippen LogP contribution in [0.25, 0.3) is 0 Å². The van der Waals surface area contributed by atoms with Crippen LogP contribution in [0.15, 0.2) is 18.2 Å². The van der Waals surface area contributed by atoms with Crippen LogP contribution >= 0.6 is 23.2 Å². The van der Waals surface area contributed by atoms with Crippen LogP contribution in [0.4, 0.5) is 0 Å². The first-order valence-corrected chi connectivity index (χ1v) is 7.55. The van der Waals surface area contributed by atoms with E-state index in [0.29, 0.717) is 21.7 Å². The Morgan fingerprint density at radius 1 is 1.35 bits per heavy atom. The van der Waals surface area contributed by atoms with Crippen LogP contribution in [0.2, 0.25) is 10.0 Å². The fourth-order valence-corrected chi connectivity index (χ4v) is 3.31. The normalized spacial score (nSPS) is 18.8. The molecular weight excluding hydrogens is 297 g/mol. The van der Waals surface area contributed by atoms with Crippen molar-refractivity contribution in [3.05, 3.63) is 33.8 Å². The summed E-state index contributed by atoms with van der Waals surface area (Å²) in [6, 6.07) is 5.61. The fourth-order valence-electron chi connectivity index (χ4n) is 2.82. The third-order valence-corrected chi connectivity index (χ3v) is 4.75. The molecule has 0 spiro atoms. The van der Waals surface area contributed by atoms with Crippen molar-refractivity contribution in [3.63, 3.8) is 0 Å². The zero-order valence-corrected chi connectivity index (χ0v) is 13.2. The predicted molar refractivity (Wildman–Crippen MR) is 81.2 cm³/mol. The quantitative estimate of drug-likeness (QED) is 0.856. The standard InChI is InChI=1S/C15H19Cl2NO2/c1-15(14(19)20-2,18-10-6-3-4-7-10)11-8-5-9-12(16)13(11)17/h5,8-10,18H,3-4,6-7H2,1-2H3. The molecule has 3 nitrogen and oxygen atoms in total. The van der Waals surface area contributed by atoms with E-state index in [4.69, 9.17) is 27.9 Å². The average molecular weight is 316 g/mol. The third kappa shape index (κ3) is 2.95. The number of nitrogens with one attached hydrogen (secondary N) is 1. The van der Waals surface area contributed by atoms with Crippen LogP contribution in [0.1, 0.15) is 38.2 Å². The summed E-state index contributed by atoms with van der Waals surface area (Å²) in [6.07, 6.45) is 4.48. The number of rotatable bonds is 4. The van der Waals surface area contributed by atoms with Crippen molar-refractivity contribution in [1.82, 2.24) is 5.32 Å². The minimum absolute atomic E-state index is 0.300. The number of esters is 1. The SMILES string of the molecule is COC(=O)C(C)(NC1CCCC1)c1cccc(Cl)c1Cl. The summed E-state index contributed by atoms with van der Waals surface area (Å²) in [4.78, 5) is 12.3. The molecular formula is C15H19Cl2NO2. The lowest BCUT2D eigenvalue weighted by Gasteiger charge is -2.32. The van der Waals surface area contributed by atoms with Gasteiger partial charge in [0.15, 0.2) is 0 Å². The van der Waals surface area contributed by atoms with Gasteiger partial charge in [0.05, 0.1) is 17.2 Å². The van der Waals surface area contributed by atoms with E-state index in [1.54, 1.807) is 19.1 Å². The van der Waals surface area contributed by atoms with E-state index in [1.807, 2.05) is 6.07 Å². The molecule has 5 heteroatoms. The first-order valence-electron chi connectivity index (χ1n) is 6.79. The second kappa shape index (κ2) is 6.33. The molecule has 0 aliphatic heterocycles. The highest BCUT2D eigenvalue weighted by molar-refractivity contribution is 6.42. The molecule has 1 aliphatic carbocycles. The van der Waals surface area contributed by atoms with Crippen molar-refractivity contribution in [3.8, 4) is 0 Å². The topological polar surface area (TPSA) is 38.3 Å². The van der Waals surface area contributed by atoms with Gasteiger partial charge >= 0.3 is 5.97 Å². The van der Waals surface area contributed by atoms with E-state index in [0.717, 1.165) is 12.8 Å². The number of benzene rings is 1. The van der Waals surface area contributed by atoms with Gasteiger partial charge < -0.3 is 4.74 Å². The highest BCUT2D eigenvalue weighted by Gasteiger charge is 2.40. The summed E-state index contributed by atoms with van der Waals surface area (Å²) in [5, 5.41) is 4.24. The molecule has 1 aromatic rings. The Kier molecular flexibility index (Phi) is 4.95. The molecule has 0 amide bonds. The van der Waals surface area contributed by atoms with E-state index in [9.17, 15) is 4.79 Å². The number of carbonyl (C=O) groups is 1. The predicted octanol–water partition coefficient (Wildman–Crippen LogP) is 3.91. The van der Waals surface area contributed by atoms with Crippen LogP contribution in [0.3, 0.4) is 0 Å². The lowest BCUT2D eigenvalue weighted by Crippen LogP contribution is -2.51. The number of hydrogen-bond acceptors (Lipinski definition) is 3. The molecule has 110 valence electrons. The van der Waals surface area contributed by atoms with E-state index >= 15 is 0 Å². The molecule has 0 heterocycles. The largest absolute Gasteiger partial charge is 0.467 e. The number of methoxy groups -OCH3 is 1. The Balaban J connectivity index is 2.40. The van der Waals surface area contributed by atoms with E-state index < -0.39 is 5.54 Å². The molecule has 1 aromatic carbocycles. The number of halogens is 2. The highest BCUT2D eigenvalue weighted by Crippen LogP contribution is 2.35. The zero-order chi connectivity index (χ0) is 14.8. The van der Waals surface area contributed by atoms with Gasteiger partial charge in [0.25, 0.3) is 0 Å². The van der Waals surface area contributed by atoms with Crippen molar-refractivity contribution >= 4 is 29.2 Å². The molecule has 0 bridgehead atoms. The van der Waals surface area contributed by atoms with Crippen molar-refractivity contribution in [1.29, 1.82) is 0 Å². The number of hydrogen-bond donors (Lipinski definition) is 1. The number of ether oxygens (including phenoxy) is 1. The molecule has 1 saturated carbocycles. The highest BCUT2D eigenvalue weighted by atomic mass is 35.5. The maximum absolute atomic E-state index is 12.3. The summed E-state index contributed by atoms with van der Waals surface area (Å²) < 4.78 is 4.97. The van der Waals surface area contributed by atoms with Gasteiger partial charge in [-0.2, -0.15) is 0 Å². The maximum Gasteiger partial charge on any atom is 0.330 e. The molecule has 2 rings (SSSR count). The lowest BCUT2D eigenvalue weighted by molar-refractivity contribution is -0.148. The molecule has 0 radical (unpaired) electrons. The first kappa shape index (κ1) is 15.6. The summed E-state index contributed by atoms with van der Waals surface area (Å²) in [5.41, 5.74) is -0.323. The molecule has 0 saturated heterocycles. The molecule has 0 aromatic heterocycles. The first-order chi connectivity index (χ1) is 9.49. The molecule has 1 fully saturated rings. The fraction of sp³-hybridized carbons (Fsp3) is 0.533. The van der Waals surface area contributed by atoms with Crippen molar-refractivity contribution < 1.29 is 9.53 Å². The van der Waals surface area contributed by atoms with Gasteiger partial charge in [-0.05, 0) is 25.8 Å². The molecule has 1 aliphatic rings. The van der Waals surface area contributed by atoms with Gasteiger partial charge in [-0.3, -0.25) is 5.32 Å². The van der Waals surface area contributed by atoms with Crippen LogP contribution in [-0.4, -0.2) is 19.1 Å². The molecule has 1 atom stereocenters. The second-order valence-electron chi connectivity index (χ2n) is 5.34. The smallest absolute Gasteiger partial charge is 0.330 e. The molecule has 1 N–H and O–H groups in total. The van der Waals surface area contributed by atoms with E-state index in [2.05, 4.69) is 5.32 Å². The van der Waals surface area contributed by atoms with Gasteiger partial charge in [0, 0.05) is 11.6 Å². The third-order valence-electron chi connectivity index (χ3n) is 3.93. The Morgan fingerprint density at radius 3 is 2.60 bits per heavy atom. The van der Waals surface area contributed by atoms with E-state index in [1.165, 1.54) is 20.0 Å². The second-order valence-corrected chi connectivity index (χ2v) is 6.13. The average Bonchev–Trinajstić information content (AvgIpc) is 2.93. The van der Waals surface area contributed by atoms with Gasteiger partial charge in [0.1, 0.15) is 5.54 Å². The summed E-state index contributed by atoms with van der Waals surface area (Å²) >= 11 is 12.4. The van der Waals surface area contributed by atoms with Crippen molar-refractivity contribution in [2.75, 3.05) is 7.11 Å². The van der Waals surface area contributed by atoms with Gasteiger partial charge in [-0.1, -0.05) is 48.2 Å².